The summed E-state index contributed by atoms with van der Waals surface area (Å²) in [6.07, 6.45) is 6.11. The average Bonchev–Trinajstić information content (AvgIpc) is 3.22. The van der Waals surface area contributed by atoms with Gasteiger partial charge in [-0.2, -0.15) is 0 Å². The summed E-state index contributed by atoms with van der Waals surface area (Å²) in [5.41, 5.74) is 8.33. The topological polar surface area (TPSA) is 93.0 Å². The lowest BCUT2D eigenvalue weighted by atomic mass is 10.1. The second-order valence-electron chi connectivity index (χ2n) is 6.99. The Morgan fingerprint density at radius 1 is 1.18 bits per heavy atom. The summed E-state index contributed by atoms with van der Waals surface area (Å²) in [7, 11) is 3.34. The molecule has 0 aliphatic carbocycles. The van der Waals surface area contributed by atoms with Gasteiger partial charge in [-0.05, 0) is 41.8 Å². The highest BCUT2D eigenvalue weighted by atomic mass is 16.5. The summed E-state index contributed by atoms with van der Waals surface area (Å²) in [6, 6.07) is 12.2. The Bertz CT molecular complexity index is 935. The molecular formula is C22H28N4O2. The number of amides is 1. The number of carbonyl (C=O) groups is 1. The van der Waals surface area contributed by atoms with Crippen molar-refractivity contribution in [2.45, 2.75) is 38.1 Å². The zero-order valence-corrected chi connectivity index (χ0v) is 16.5. The molecule has 148 valence electrons. The molecule has 1 unspecified atom stereocenters. The number of aromatic nitrogens is 2. The molecule has 0 aliphatic rings. The van der Waals surface area contributed by atoms with Crippen molar-refractivity contribution in [3.8, 4) is 17.0 Å². The smallest absolute Gasteiger partial charge is 0.219 e. The third kappa shape index (κ3) is 4.89. The predicted molar refractivity (Wildman–Crippen MR) is 112 cm³/mol. The van der Waals surface area contributed by atoms with E-state index in [2.05, 4.69) is 39.6 Å². The molecule has 0 spiro atoms. The molecule has 1 amide bonds. The minimum Gasteiger partial charge on any atom is -0.497 e. The first kappa shape index (κ1) is 19.9. The van der Waals surface area contributed by atoms with Gasteiger partial charge in [-0.25, -0.2) is 4.98 Å². The molecule has 0 fully saturated rings. The van der Waals surface area contributed by atoms with Gasteiger partial charge in [0.1, 0.15) is 11.6 Å². The van der Waals surface area contributed by atoms with Gasteiger partial charge in [0, 0.05) is 19.0 Å². The van der Waals surface area contributed by atoms with Crippen molar-refractivity contribution in [2.75, 3.05) is 14.2 Å². The van der Waals surface area contributed by atoms with Crippen LogP contribution >= 0.6 is 0 Å². The molecule has 0 bridgehead atoms. The maximum Gasteiger partial charge on any atom is 0.219 e. The first-order valence-electron chi connectivity index (χ1n) is 9.70. The van der Waals surface area contributed by atoms with Gasteiger partial charge in [0.05, 0.1) is 25.0 Å². The van der Waals surface area contributed by atoms with Crippen LogP contribution in [0.2, 0.25) is 0 Å². The Labute approximate surface area is 165 Å². The molecule has 4 N–H and O–H groups in total. The van der Waals surface area contributed by atoms with Gasteiger partial charge >= 0.3 is 0 Å². The molecule has 6 heteroatoms. The molecule has 3 aromatic rings. The standard InChI is InChI=1S/C22H28N4O2/c1-24-21(27)7-5-3-4-6-19(23)22-25-14-20(26-22)17-9-8-16-13-18(28-2)11-10-15(16)12-17/h8-14,19H,3-7,23H2,1-2H3,(H,24,27)(H,25,26). The monoisotopic (exact) mass is 380 g/mol. The fraction of sp³-hybridized carbons (Fsp3) is 0.364. The summed E-state index contributed by atoms with van der Waals surface area (Å²) in [5, 5.41) is 4.92. The third-order valence-corrected chi connectivity index (χ3v) is 5.00. The summed E-state index contributed by atoms with van der Waals surface area (Å²) < 4.78 is 5.28. The lowest BCUT2D eigenvalue weighted by Crippen LogP contribution is -2.17. The predicted octanol–water partition coefficient (Wildman–Crippen LogP) is 3.93. The molecule has 0 saturated carbocycles. The fourth-order valence-corrected chi connectivity index (χ4v) is 3.28. The van der Waals surface area contributed by atoms with E-state index in [4.69, 9.17) is 10.5 Å². The van der Waals surface area contributed by atoms with Crippen LogP contribution < -0.4 is 15.8 Å². The fourth-order valence-electron chi connectivity index (χ4n) is 3.28. The highest BCUT2D eigenvalue weighted by Gasteiger charge is 2.11. The lowest BCUT2D eigenvalue weighted by molar-refractivity contribution is -0.120. The molecule has 0 saturated heterocycles. The van der Waals surface area contributed by atoms with Gasteiger partial charge in [-0.1, -0.05) is 31.0 Å². The molecule has 1 atom stereocenters. The molecule has 1 aromatic heterocycles. The Hall–Kier alpha value is -2.86. The van der Waals surface area contributed by atoms with Gasteiger partial charge in [0.2, 0.25) is 5.91 Å². The molecule has 2 aromatic carbocycles. The number of methoxy groups -OCH3 is 1. The van der Waals surface area contributed by atoms with Crippen LogP contribution in [0, 0.1) is 0 Å². The highest BCUT2D eigenvalue weighted by molar-refractivity contribution is 5.87. The number of hydrogen-bond acceptors (Lipinski definition) is 4. The van der Waals surface area contributed by atoms with Crippen molar-refractivity contribution < 1.29 is 9.53 Å². The van der Waals surface area contributed by atoms with Crippen molar-refractivity contribution in [1.29, 1.82) is 0 Å². The second kappa shape index (κ2) is 9.37. The molecule has 3 rings (SSSR count). The molecule has 0 aliphatic heterocycles. The molecule has 0 radical (unpaired) electrons. The maximum absolute atomic E-state index is 11.2. The number of fused-ring (bicyclic) bond motifs is 1. The normalized spacial score (nSPS) is 12.1. The molecular weight excluding hydrogens is 352 g/mol. The van der Waals surface area contributed by atoms with Crippen LogP contribution in [0.5, 0.6) is 5.75 Å². The van der Waals surface area contributed by atoms with E-state index in [1.165, 1.54) is 0 Å². The first-order chi connectivity index (χ1) is 13.6. The molecule has 6 nitrogen and oxygen atoms in total. The van der Waals surface area contributed by atoms with Crippen LogP contribution in [0.1, 0.15) is 44.0 Å². The summed E-state index contributed by atoms with van der Waals surface area (Å²) in [4.78, 5) is 19.1. The Morgan fingerprint density at radius 2 is 1.96 bits per heavy atom. The number of unbranched alkanes of at least 4 members (excludes halogenated alkanes) is 2. The number of ether oxygens (including phenoxy) is 1. The largest absolute Gasteiger partial charge is 0.497 e. The van der Waals surface area contributed by atoms with E-state index < -0.39 is 0 Å². The van der Waals surface area contributed by atoms with E-state index in [9.17, 15) is 4.79 Å². The number of hydrogen-bond donors (Lipinski definition) is 3. The number of nitrogens with zero attached hydrogens (tertiary/aromatic N) is 1. The van der Waals surface area contributed by atoms with Crippen LogP contribution in [0.25, 0.3) is 22.0 Å². The summed E-state index contributed by atoms with van der Waals surface area (Å²) >= 11 is 0. The lowest BCUT2D eigenvalue weighted by Gasteiger charge is -2.08. The number of imidazole rings is 1. The van der Waals surface area contributed by atoms with Gasteiger partial charge in [-0.15, -0.1) is 0 Å². The van der Waals surface area contributed by atoms with Gasteiger partial charge < -0.3 is 20.8 Å². The van der Waals surface area contributed by atoms with Crippen molar-refractivity contribution in [3.05, 3.63) is 48.4 Å². The second-order valence-corrected chi connectivity index (χ2v) is 6.99. The minimum absolute atomic E-state index is 0.0915. The van der Waals surface area contributed by atoms with E-state index >= 15 is 0 Å². The number of nitrogens with two attached hydrogens (primary N) is 1. The Balaban J connectivity index is 1.60. The van der Waals surface area contributed by atoms with Crippen LogP contribution in [0.3, 0.4) is 0 Å². The quantitative estimate of drug-likeness (QED) is 0.490. The van der Waals surface area contributed by atoms with Crippen molar-refractivity contribution in [1.82, 2.24) is 15.3 Å². The van der Waals surface area contributed by atoms with E-state index in [-0.39, 0.29) is 11.9 Å². The van der Waals surface area contributed by atoms with Gasteiger partial charge in [0.25, 0.3) is 0 Å². The maximum atomic E-state index is 11.2. The van der Waals surface area contributed by atoms with Gasteiger partial charge in [0.15, 0.2) is 0 Å². The van der Waals surface area contributed by atoms with Crippen molar-refractivity contribution in [3.63, 3.8) is 0 Å². The zero-order chi connectivity index (χ0) is 19.9. The number of H-pyrrole nitrogens is 1. The number of nitrogens with one attached hydrogen (secondary N) is 2. The van der Waals surface area contributed by atoms with Gasteiger partial charge in [-0.3, -0.25) is 4.79 Å². The molecule has 1 heterocycles. The molecule has 28 heavy (non-hydrogen) atoms. The first-order valence-corrected chi connectivity index (χ1v) is 9.70. The van der Waals surface area contributed by atoms with Crippen molar-refractivity contribution in [2.24, 2.45) is 5.73 Å². The number of rotatable bonds is 9. The Kier molecular flexibility index (Phi) is 6.66. The van der Waals surface area contributed by atoms with E-state index in [1.807, 2.05) is 18.3 Å². The SMILES string of the molecule is CNC(=O)CCCCCC(N)c1ncc(-c2ccc3cc(OC)ccc3c2)[nH]1. The van der Waals surface area contributed by atoms with Crippen LogP contribution in [-0.2, 0) is 4.79 Å². The Morgan fingerprint density at radius 3 is 2.75 bits per heavy atom. The van der Waals surface area contributed by atoms with E-state index in [0.29, 0.717) is 6.42 Å². The van der Waals surface area contributed by atoms with Crippen molar-refractivity contribution >= 4 is 16.7 Å². The van der Waals surface area contributed by atoms with Crippen LogP contribution in [0.4, 0.5) is 0 Å². The number of benzene rings is 2. The number of carbonyl (C=O) groups excluding carboxylic acids is 1. The highest BCUT2D eigenvalue weighted by Crippen LogP contribution is 2.27. The summed E-state index contributed by atoms with van der Waals surface area (Å²) in [6.45, 7) is 0. The summed E-state index contributed by atoms with van der Waals surface area (Å²) in [5.74, 6) is 1.75. The van der Waals surface area contributed by atoms with Crippen LogP contribution in [0.15, 0.2) is 42.6 Å². The van der Waals surface area contributed by atoms with Crippen LogP contribution in [-0.4, -0.2) is 30.0 Å². The van der Waals surface area contributed by atoms with E-state index in [1.54, 1.807) is 14.2 Å². The zero-order valence-electron chi connectivity index (χ0n) is 16.5. The average molecular weight is 380 g/mol. The number of aromatic amines is 1. The van der Waals surface area contributed by atoms with E-state index in [0.717, 1.165) is 59.3 Å². The third-order valence-electron chi connectivity index (χ3n) is 5.00. The minimum atomic E-state index is -0.126.